The van der Waals surface area contributed by atoms with Crippen LogP contribution in [-0.2, 0) is 6.54 Å². The summed E-state index contributed by atoms with van der Waals surface area (Å²) in [6.07, 6.45) is 3.76. The lowest BCUT2D eigenvalue weighted by atomic mass is 9.71. The molecule has 1 aromatic rings. The van der Waals surface area contributed by atoms with Crippen LogP contribution in [0.4, 0.5) is 0 Å². The zero-order valence-corrected chi connectivity index (χ0v) is 13.3. The van der Waals surface area contributed by atoms with Gasteiger partial charge in [-0.1, -0.05) is 13.8 Å². The maximum atomic E-state index is 10.6. The maximum Gasteiger partial charge on any atom is 0.120 e. The predicted octanol–water partition coefficient (Wildman–Crippen LogP) is 2.82. The monoisotopic (exact) mass is 293 g/mol. The molecule has 1 fully saturated rings. The second-order valence-corrected chi connectivity index (χ2v) is 6.99. The van der Waals surface area contributed by atoms with E-state index in [9.17, 15) is 10.2 Å². The quantitative estimate of drug-likeness (QED) is 0.781. The fraction of sp³-hybridized carbons (Fsp3) is 0.647. The topological polar surface area (TPSA) is 61.7 Å². The Kier molecular flexibility index (Phi) is 4.79. The summed E-state index contributed by atoms with van der Waals surface area (Å²) in [5.74, 6) is 0.975. The van der Waals surface area contributed by atoms with Crippen LogP contribution in [-0.4, -0.2) is 29.5 Å². The molecule has 1 aromatic carbocycles. The molecule has 4 nitrogen and oxygen atoms in total. The number of benzene rings is 1. The van der Waals surface area contributed by atoms with Crippen LogP contribution >= 0.6 is 0 Å². The van der Waals surface area contributed by atoms with Crippen molar-refractivity contribution in [1.29, 1.82) is 0 Å². The molecule has 1 aliphatic carbocycles. The van der Waals surface area contributed by atoms with E-state index >= 15 is 0 Å². The predicted molar refractivity (Wildman–Crippen MR) is 83.6 cm³/mol. The number of rotatable bonds is 5. The lowest BCUT2D eigenvalue weighted by molar-refractivity contribution is -0.0245. The third-order valence-corrected chi connectivity index (χ3v) is 4.59. The van der Waals surface area contributed by atoms with Gasteiger partial charge in [0.15, 0.2) is 0 Å². The molecule has 21 heavy (non-hydrogen) atoms. The van der Waals surface area contributed by atoms with Crippen LogP contribution in [0.25, 0.3) is 0 Å². The first kappa shape index (κ1) is 16.1. The summed E-state index contributed by atoms with van der Waals surface area (Å²) in [6.45, 7) is 5.59. The zero-order chi connectivity index (χ0) is 15.5. The summed E-state index contributed by atoms with van der Waals surface area (Å²) in [5.41, 5.74) is 0.510. The van der Waals surface area contributed by atoms with Crippen molar-refractivity contribution >= 4 is 0 Å². The van der Waals surface area contributed by atoms with Gasteiger partial charge in [0.05, 0.1) is 12.7 Å². The van der Waals surface area contributed by atoms with Gasteiger partial charge in [0.25, 0.3) is 0 Å². The van der Waals surface area contributed by atoms with Gasteiger partial charge >= 0.3 is 0 Å². The molecule has 0 heterocycles. The fourth-order valence-electron chi connectivity index (χ4n) is 2.83. The normalized spacial score (nSPS) is 20.2. The van der Waals surface area contributed by atoms with Crippen LogP contribution in [0, 0.1) is 5.41 Å². The van der Waals surface area contributed by atoms with Crippen molar-refractivity contribution in [2.45, 2.75) is 51.7 Å². The SMILES string of the molecule is COc1ccc(O)c(CNCC2(O)CCC(C)(C)CC2)c1. The highest BCUT2D eigenvalue weighted by Crippen LogP contribution is 2.39. The molecular weight excluding hydrogens is 266 g/mol. The molecule has 0 aliphatic heterocycles. The molecule has 0 aromatic heterocycles. The van der Waals surface area contributed by atoms with Gasteiger partial charge in [-0.3, -0.25) is 0 Å². The van der Waals surface area contributed by atoms with Crippen LogP contribution in [0.15, 0.2) is 18.2 Å². The Morgan fingerprint density at radius 3 is 2.48 bits per heavy atom. The van der Waals surface area contributed by atoms with Gasteiger partial charge in [0.1, 0.15) is 11.5 Å². The highest BCUT2D eigenvalue weighted by molar-refractivity contribution is 5.39. The zero-order valence-electron chi connectivity index (χ0n) is 13.3. The Morgan fingerprint density at radius 1 is 1.19 bits per heavy atom. The van der Waals surface area contributed by atoms with Gasteiger partial charge < -0.3 is 20.3 Å². The summed E-state index contributed by atoms with van der Waals surface area (Å²) < 4.78 is 5.16. The van der Waals surface area contributed by atoms with Crippen LogP contribution in [0.3, 0.4) is 0 Å². The Labute approximate surface area is 127 Å². The number of methoxy groups -OCH3 is 1. The first-order chi connectivity index (χ1) is 9.84. The number of aliphatic hydroxyl groups is 1. The average Bonchev–Trinajstić information content (AvgIpc) is 2.45. The number of aromatic hydroxyl groups is 1. The van der Waals surface area contributed by atoms with Crippen molar-refractivity contribution in [2.75, 3.05) is 13.7 Å². The van der Waals surface area contributed by atoms with Gasteiger partial charge in [-0.25, -0.2) is 0 Å². The van der Waals surface area contributed by atoms with Gasteiger partial charge in [-0.15, -0.1) is 0 Å². The molecule has 0 bridgehead atoms. The smallest absolute Gasteiger partial charge is 0.120 e. The summed E-state index contributed by atoms with van der Waals surface area (Å²) in [6, 6.07) is 5.18. The van der Waals surface area contributed by atoms with E-state index in [-0.39, 0.29) is 5.75 Å². The number of ether oxygens (including phenoxy) is 1. The van der Waals surface area contributed by atoms with Gasteiger partial charge in [-0.2, -0.15) is 0 Å². The average molecular weight is 293 g/mol. The number of nitrogens with one attached hydrogen (secondary N) is 1. The van der Waals surface area contributed by atoms with Crippen molar-refractivity contribution in [2.24, 2.45) is 5.41 Å². The molecule has 0 spiro atoms. The van der Waals surface area contributed by atoms with E-state index in [1.807, 2.05) is 6.07 Å². The van der Waals surface area contributed by atoms with E-state index in [2.05, 4.69) is 19.2 Å². The molecule has 0 saturated heterocycles. The molecule has 1 aliphatic rings. The van der Waals surface area contributed by atoms with Crippen molar-refractivity contribution in [3.05, 3.63) is 23.8 Å². The number of phenols is 1. The standard InChI is InChI=1S/C17H27NO3/c1-16(2)6-8-17(20,9-7-16)12-18-11-13-10-14(21-3)4-5-15(13)19/h4-5,10,18-20H,6-9,11-12H2,1-3H3. The largest absolute Gasteiger partial charge is 0.508 e. The van der Waals surface area contributed by atoms with Gasteiger partial charge in [0.2, 0.25) is 0 Å². The fourth-order valence-corrected chi connectivity index (χ4v) is 2.83. The van der Waals surface area contributed by atoms with E-state index in [1.54, 1.807) is 19.2 Å². The molecule has 118 valence electrons. The summed E-state index contributed by atoms with van der Waals surface area (Å²) in [5, 5.41) is 23.7. The van der Waals surface area contributed by atoms with Crippen LogP contribution in [0.1, 0.15) is 45.1 Å². The number of hydrogen-bond donors (Lipinski definition) is 3. The summed E-state index contributed by atoms with van der Waals surface area (Å²) in [7, 11) is 1.61. The molecule has 0 radical (unpaired) electrons. The summed E-state index contributed by atoms with van der Waals surface area (Å²) >= 11 is 0. The minimum absolute atomic E-state index is 0.250. The van der Waals surface area contributed by atoms with Gasteiger partial charge in [-0.05, 0) is 49.3 Å². The second-order valence-electron chi connectivity index (χ2n) is 6.99. The molecule has 0 unspecified atom stereocenters. The highest BCUT2D eigenvalue weighted by Gasteiger charge is 2.36. The third-order valence-electron chi connectivity index (χ3n) is 4.59. The Bertz CT molecular complexity index is 475. The van der Waals surface area contributed by atoms with Crippen molar-refractivity contribution in [1.82, 2.24) is 5.32 Å². The van der Waals surface area contributed by atoms with E-state index in [0.717, 1.165) is 37.0 Å². The van der Waals surface area contributed by atoms with E-state index in [0.29, 0.717) is 18.5 Å². The molecule has 0 amide bonds. The minimum Gasteiger partial charge on any atom is -0.508 e. The Morgan fingerprint density at radius 2 is 1.86 bits per heavy atom. The van der Waals surface area contributed by atoms with E-state index in [4.69, 9.17) is 4.74 Å². The number of hydrogen-bond acceptors (Lipinski definition) is 4. The van der Waals surface area contributed by atoms with Crippen molar-refractivity contribution in [3.8, 4) is 11.5 Å². The van der Waals surface area contributed by atoms with Crippen molar-refractivity contribution < 1.29 is 14.9 Å². The minimum atomic E-state index is -0.621. The molecule has 0 atom stereocenters. The van der Waals surface area contributed by atoms with E-state index in [1.165, 1.54) is 0 Å². The Balaban J connectivity index is 1.87. The maximum absolute atomic E-state index is 10.6. The lowest BCUT2D eigenvalue weighted by Crippen LogP contribution is -2.44. The second kappa shape index (κ2) is 6.24. The van der Waals surface area contributed by atoms with E-state index < -0.39 is 5.60 Å². The van der Waals surface area contributed by atoms with Gasteiger partial charge in [0, 0.05) is 18.7 Å². The van der Waals surface area contributed by atoms with Crippen molar-refractivity contribution in [3.63, 3.8) is 0 Å². The molecule has 4 heteroatoms. The Hall–Kier alpha value is -1.26. The molecule has 2 rings (SSSR count). The number of phenolic OH excluding ortho intramolecular Hbond substituents is 1. The molecule has 3 N–H and O–H groups in total. The van der Waals surface area contributed by atoms with Crippen LogP contribution in [0.2, 0.25) is 0 Å². The third kappa shape index (κ3) is 4.35. The first-order valence-corrected chi connectivity index (χ1v) is 7.63. The van der Waals surface area contributed by atoms with Crippen LogP contribution < -0.4 is 10.1 Å². The first-order valence-electron chi connectivity index (χ1n) is 7.63. The molecular formula is C17H27NO3. The van der Waals surface area contributed by atoms with Crippen LogP contribution in [0.5, 0.6) is 11.5 Å². The summed E-state index contributed by atoms with van der Waals surface area (Å²) in [4.78, 5) is 0. The highest BCUT2D eigenvalue weighted by atomic mass is 16.5. The molecule has 1 saturated carbocycles. The lowest BCUT2D eigenvalue weighted by Gasteiger charge is -2.40.